The maximum atomic E-state index is 11.7. The molecule has 0 heterocycles. The summed E-state index contributed by atoms with van der Waals surface area (Å²) in [5, 5.41) is 10.3. The molecule has 19 heavy (non-hydrogen) atoms. The highest BCUT2D eigenvalue weighted by Crippen LogP contribution is 2.35. The van der Waals surface area contributed by atoms with Crippen LogP contribution in [0.4, 0.5) is 0 Å². The van der Waals surface area contributed by atoms with Gasteiger partial charge in [0, 0.05) is 16.6 Å². The van der Waals surface area contributed by atoms with Crippen LogP contribution in [0.3, 0.4) is 0 Å². The van der Waals surface area contributed by atoms with Gasteiger partial charge in [-0.1, -0.05) is 11.6 Å². The second-order valence-corrected chi connectivity index (χ2v) is 6.51. The Morgan fingerprint density at radius 2 is 2.11 bits per heavy atom. The average Bonchev–Trinajstić information content (AvgIpc) is 2.20. The lowest BCUT2D eigenvalue weighted by molar-refractivity contribution is -0.155. The summed E-state index contributed by atoms with van der Waals surface area (Å²) in [5.74, 6) is -0.434. The quantitative estimate of drug-likeness (QED) is 0.818. The number of aromatic hydroxyl groups is 1. The van der Waals surface area contributed by atoms with Gasteiger partial charge in [-0.2, -0.15) is 0 Å². The first-order valence-corrected chi connectivity index (χ1v) is 6.92. The predicted octanol–water partition coefficient (Wildman–Crippen LogP) is 3.54. The van der Waals surface area contributed by atoms with E-state index in [9.17, 15) is 9.90 Å². The molecule has 106 valence electrons. The van der Waals surface area contributed by atoms with Crippen molar-refractivity contribution >= 4 is 33.5 Å². The number of hydrogen-bond acceptors (Lipinski definition) is 4. The third kappa shape index (κ3) is 5.01. The standard InChI is InChI=1S/C13H17BrClNO3/c1-13(2,3)19-11(17)6-10(16)8-4-7(15)5-9(14)12(8)18/h4-5,10,18H,6,16H2,1-3H3/t10-/m0/s1. The number of rotatable bonds is 3. The zero-order valence-corrected chi connectivity index (χ0v) is 13.4. The molecule has 0 fully saturated rings. The van der Waals surface area contributed by atoms with Crippen LogP contribution in [-0.2, 0) is 9.53 Å². The molecule has 0 saturated carbocycles. The molecule has 6 heteroatoms. The van der Waals surface area contributed by atoms with Gasteiger partial charge in [-0.3, -0.25) is 4.79 Å². The fourth-order valence-electron chi connectivity index (χ4n) is 1.54. The van der Waals surface area contributed by atoms with E-state index in [1.165, 1.54) is 6.07 Å². The van der Waals surface area contributed by atoms with E-state index < -0.39 is 17.6 Å². The van der Waals surface area contributed by atoms with Crippen LogP contribution in [0.1, 0.15) is 38.8 Å². The molecule has 0 spiro atoms. The van der Waals surface area contributed by atoms with Crippen molar-refractivity contribution < 1.29 is 14.6 Å². The van der Waals surface area contributed by atoms with Crippen molar-refractivity contribution in [2.75, 3.05) is 0 Å². The number of esters is 1. The van der Waals surface area contributed by atoms with Crippen LogP contribution < -0.4 is 5.73 Å². The first kappa shape index (κ1) is 16.3. The van der Waals surface area contributed by atoms with Crippen LogP contribution in [0.25, 0.3) is 0 Å². The van der Waals surface area contributed by atoms with Gasteiger partial charge in [-0.05, 0) is 48.8 Å². The summed E-state index contributed by atoms with van der Waals surface area (Å²) in [6.45, 7) is 5.34. The van der Waals surface area contributed by atoms with Gasteiger partial charge in [0.05, 0.1) is 10.9 Å². The molecular formula is C13H17BrClNO3. The van der Waals surface area contributed by atoms with Crippen LogP contribution >= 0.6 is 27.5 Å². The monoisotopic (exact) mass is 349 g/mol. The van der Waals surface area contributed by atoms with Crippen LogP contribution in [0.2, 0.25) is 5.02 Å². The summed E-state index contributed by atoms with van der Waals surface area (Å²) in [7, 11) is 0. The molecule has 0 aliphatic heterocycles. The number of ether oxygens (including phenoxy) is 1. The Kier molecular flexibility index (Phi) is 5.24. The highest BCUT2D eigenvalue weighted by Gasteiger charge is 2.22. The molecule has 1 atom stereocenters. The maximum Gasteiger partial charge on any atom is 0.308 e. The van der Waals surface area contributed by atoms with Gasteiger partial charge >= 0.3 is 5.97 Å². The number of phenols is 1. The smallest absolute Gasteiger partial charge is 0.308 e. The van der Waals surface area contributed by atoms with E-state index in [0.29, 0.717) is 15.1 Å². The van der Waals surface area contributed by atoms with E-state index in [2.05, 4.69) is 15.9 Å². The van der Waals surface area contributed by atoms with Crippen molar-refractivity contribution in [1.82, 2.24) is 0 Å². The van der Waals surface area contributed by atoms with Crippen LogP contribution in [0.15, 0.2) is 16.6 Å². The highest BCUT2D eigenvalue weighted by molar-refractivity contribution is 9.10. The van der Waals surface area contributed by atoms with E-state index in [-0.39, 0.29) is 12.2 Å². The molecule has 0 amide bonds. The summed E-state index contributed by atoms with van der Waals surface area (Å²) in [6, 6.07) is 2.42. The van der Waals surface area contributed by atoms with Gasteiger partial charge in [0.15, 0.2) is 0 Å². The fourth-order valence-corrected chi connectivity index (χ4v) is 2.38. The molecule has 0 aliphatic rings. The predicted molar refractivity (Wildman–Crippen MR) is 78.2 cm³/mol. The van der Waals surface area contributed by atoms with E-state index in [0.717, 1.165) is 0 Å². The zero-order chi connectivity index (χ0) is 14.8. The minimum atomic E-state index is -0.676. The SMILES string of the molecule is CC(C)(C)OC(=O)C[C@H](N)c1cc(Cl)cc(Br)c1O. The molecule has 0 aromatic heterocycles. The van der Waals surface area contributed by atoms with Crippen LogP contribution in [-0.4, -0.2) is 16.7 Å². The van der Waals surface area contributed by atoms with E-state index in [1.807, 2.05) is 0 Å². The third-order valence-electron chi connectivity index (χ3n) is 2.26. The van der Waals surface area contributed by atoms with Gasteiger partial charge in [0.2, 0.25) is 0 Å². The Morgan fingerprint density at radius 1 is 1.53 bits per heavy atom. The van der Waals surface area contributed by atoms with Gasteiger partial charge in [0.25, 0.3) is 0 Å². The number of hydrogen-bond donors (Lipinski definition) is 2. The second-order valence-electron chi connectivity index (χ2n) is 5.22. The first-order chi connectivity index (χ1) is 8.60. The Hall–Kier alpha value is -0.780. The Labute approximate surface area is 126 Å². The molecule has 0 saturated heterocycles. The molecule has 1 rings (SSSR count). The van der Waals surface area contributed by atoms with Crippen molar-refractivity contribution in [1.29, 1.82) is 0 Å². The number of nitrogens with two attached hydrogens (primary N) is 1. The Bertz CT molecular complexity index is 486. The lowest BCUT2D eigenvalue weighted by atomic mass is 10.0. The van der Waals surface area contributed by atoms with Crippen molar-refractivity contribution in [2.45, 2.75) is 38.8 Å². The molecule has 0 radical (unpaired) electrons. The Balaban J connectivity index is 2.84. The number of phenolic OH excluding ortho intramolecular Hbond substituents is 1. The Morgan fingerprint density at radius 3 is 2.63 bits per heavy atom. The largest absolute Gasteiger partial charge is 0.506 e. The number of halogens is 2. The van der Waals surface area contributed by atoms with Gasteiger partial charge in [0.1, 0.15) is 11.4 Å². The first-order valence-electron chi connectivity index (χ1n) is 5.75. The normalized spacial score (nSPS) is 13.2. The minimum absolute atomic E-state index is 0.0135. The minimum Gasteiger partial charge on any atom is -0.506 e. The average molecular weight is 351 g/mol. The summed E-state index contributed by atoms with van der Waals surface area (Å²) in [4.78, 5) is 11.7. The van der Waals surface area contributed by atoms with Crippen molar-refractivity contribution in [2.24, 2.45) is 5.73 Å². The molecular weight excluding hydrogens is 334 g/mol. The molecule has 0 aliphatic carbocycles. The maximum absolute atomic E-state index is 11.7. The highest BCUT2D eigenvalue weighted by atomic mass is 79.9. The number of benzene rings is 1. The van der Waals surface area contributed by atoms with Gasteiger partial charge in [-0.15, -0.1) is 0 Å². The second kappa shape index (κ2) is 6.11. The zero-order valence-electron chi connectivity index (χ0n) is 11.0. The summed E-state index contributed by atoms with van der Waals surface area (Å²) in [5.41, 5.74) is 5.76. The topological polar surface area (TPSA) is 72.5 Å². The third-order valence-corrected chi connectivity index (χ3v) is 3.09. The van der Waals surface area contributed by atoms with Gasteiger partial charge in [-0.25, -0.2) is 0 Å². The molecule has 1 aromatic rings. The molecule has 0 bridgehead atoms. The van der Waals surface area contributed by atoms with Crippen LogP contribution in [0.5, 0.6) is 5.75 Å². The van der Waals surface area contributed by atoms with Crippen LogP contribution in [0, 0.1) is 0 Å². The van der Waals surface area contributed by atoms with Gasteiger partial charge < -0.3 is 15.6 Å². The summed E-state index contributed by atoms with van der Waals surface area (Å²) >= 11 is 9.07. The lowest BCUT2D eigenvalue weighted by Crippen LogP contribution is -2.26. The lowest BCUT2D eigenvalue weighted by Gasteiger charge is -2.21. The van der Waals surface area contributed by atoms with E-state index in [1.54, 1.807) is 26.8 Å². The molecule has 3 N–H and O–H groups in total. The van der Waals surface area contributed by atoms with E-state index >= 15 is 0 Å². The molecule has 0 unspecified atom stereocenters. The fraction of sp³-hybridized carbons (Fsp3) is 0.462. The van der Waals surface area contributed by atoms with Crippen molar-refractivity contribution in [3.63, 3.8) is 0 Å². The summed E-state index contributed by atoms with van der Waals surface area (Å²) < 4.78 is 5.62. The van der Waals surface area contributed by atoms with Crippen molar-refractivity contribution in [3.8, 4) is 5.75 Å². The summed E-state index contributed by atoms with van der Waals surface area (Å²) in [6.07, 6.45) is -0.0301. The number of carbonyl (C=O) groups excluding carboxylic acids is 1. The molecule has 1 aromatic carbocycles. The van der Waals surface area contributed by atoms with E-state index in [4.69, 9.17) is 22.1 Å². The molecule has 4 nitrogen and oxygen atoms in total. The number of carbonyl (C=O) groups is 1. The van der Waals surface area contributed by atoms with Crippen molar-refractivity contribution in [3.05, 3.63) is 27.2 Å².